The molecule has 2 aliphatic heterocycles. The van der Waals surface area contributed by atoms with E-state index >= 15 is 0 Å². The van der Waals surface area contributed by atoms with Gasteiger partial charge in [-0.1, -0.05) is 0 Å². The Labute approximate surface area is 115 Å². The third kappa shape index (κ3) is 2.81. The molecule has 1 N–H and O–H groups in total. The van der Waals surface area contributed by atoms with Crippen molar-refractivity contribution in [1.82, 2.24) is 14.9 Å². The number of anilines is 2. The van der Waals surface area contributed by atoms with Crippen LogP contribution in [0.5, 0.6) is 0 Å². The van der Waals surface area contributed by atoms with Crippen LogP contribution in [-0.4, -0.2) is 53.6 Å². The molecule has 1 atom stereocenters. The van der Waals surface area contributed by atoms with E-state index in [2.05, 4.69) is 38.1 Å². The van der Waals surface area contributed by atoms with Gasteiger partial charge in [0.15, 0.2) is 0 Å². The molecular weight excluding hydrogens is 238 g/mol. The lowest BCUT2D eigenvalue weighted by atomic mass is 10.2. The molecule has 1 unspecified atom stereocenters. The highest BCUT2D eigenvalue weighted by molar-refractivity contribution is 5.48. The molecule has 5 heteroatoms. The molecule has 5 nitrogen and oxygen atoms in total. The highest BCUT2D eigenvalue weighted by Gasteiger charge is 2.29. The third-order valence-electron chi connectivity index (χ3n) is 4.14. The van der Waals surface area contributed by atoms with Crippen LogP contribution in [0, 0.1) is 0 Å². The first-order valence-electron chi connectivity index (χ1n) is 7.41. The Morgan fingerprint density at radius 3 is 3.05 bits per heavy atom. The first-order chi connectivity index (χ1) is 9.36. The van der Waals surface area contributed by atoms with E-state index in [4.69, 9.17) is 0 Å². The summed E-state index contributed by atoms with van der Waals surface area (Å²) in [4.78, 5) is 13.8. The molecule has 1 aromatic rings. The van der Waals surface area contributed by atoms with Crippen molar-refractivity contribution in [3.8, 4) is 0 Å². The number of nitrogens with zero attached hydrogens (tertiary/aromatic N) is 4. The van der Waals surface area contributed by atoms with Gasteiger partial charge in [0, 0.05) is 38.3 Å². The second-order valence-electron chi connectivity index (χ2n) is 5.42. The minimum absolute atomic E-state index is 0.722. The van der Waals surface area contributed by atoms with Crippen molar-refractivity contribution in [2.75, 3.05) is 42.9 Å². The molecule has 0 radical (unpaired) electrons. The standard InChI is InChI=1S/C14H23N5/c1-2-15-13-9-14(17-11-16-13)19-8-4-7-18-6-3-5-12(18)10-19/h9,11-12H,2-8,10H2,1H3,(H,15,16,17). The molecule has 0 saturated carbocycles. The Morgan fingerprint density at radius 1 is 1.26 bits per heavy atom. The van der Waals surface area contributed by atoms with Crippen LogP contribution < -0.4 is 10.2 Å². The summed E-state index contributed by atoms with van der Waals surface area (Å²) in [5.41, 5.74) is 0. The van der Waals surface area contributed by atoms with Gasteiger partial charge in [0.05, 0.1) is 0 Å². The predicted octanol–water partition coefficient (Wildman–Crippen LogP) is 1.58. The van der Waals surface area contributed by atoms with Crippen molar-refractivity contribution in [2.45, 2.75) is 32.2 Å². The number of nitrogens with one attached hydrogen (secondary N) is 1. The molecule has 3 rings (SSSR count). The van der Waals surface area contributed by atoms with Crippen molar-refractivity contribution in [3.63, 3.8) is 0 Å². The van der Waals surface area contributed by atoms with Crippen molar-refractivity contribution in [3.05, 3.63) is 12.4 Å². The fraction of sp³-hybridized carbons (Fsp3) is 0.714. The van der Waals surface area contributed by atoms with Gasteiger partial charge in [-0.15, -0.1) is 0 Å². The van der Waals surface area contributed by atoms with E-state index in [0.29, 0.717) is 0 Å². The summed E-state index contributed by atoms with van der Waals surface area (Å²) in [5.74, 6) is 2.00. The summed E-state index contributed by atoms with van der Waals surface area (Å²) in [6.45, 7) is 7.73. The van der Waals surface area contributed by atoms with E-state index < -0.39 is 0 Å². The highest BCUT2D eigenvalue weighted by Crippen LogP contribution is 2.24. The van der Waals surface area contributed by atoms with Gasteiger partial charge < -0.3 is 10.2 Å². The van der Waals surface area contributed by atoms with E-state index in [-0.39, 0.29) is 0 Å². The summed E-state index contributed by atoms with van der Waals surface area (Å²) in [5, 5.41) is 3.26. The molecule has 0 aromatic carbocycles. The molecule has 0 spiro atoms. The van der Waals surface area contributed by atoms with Gasteiger partial charge in [-0.05, 0) is 32.7 Å². The summed E-state index contributed by atoms with van der Waals surface area (Å²) < 4.78 is 0. The van der Waals surface area contributed by atoms with Gasteiger partial charge in [0.25, 0.3) is 0 Å². The zero-order valence-electron chi connectivity index (χ0n) is 11.7. The minimum Gasteiger partial charge on any atom is -0.370 e. The monoisotopic (exact) mass is 261 g/mol. The maximum Gasteiger partial charge on any atom is 0.134 e. The van der Waals surface area contributed by atoms with Gasteiger partial charge in [-0.3, -0.25) is 4.90 Å². The van der Waals surface area contributed by atoms with Crippen LogP contribution in [0.3, 0.4) is 0 Å². The van der Waals surface area contributed by atoms with Crippen molar-refractivity contribution < 1.29 is 0 Å². The number of hydrogen-bond donors (Lipinski definition) is 1. The fourth-order valence-corrected chi connectivity index (χ4v) is 3.21. The van der Waals surface area contributed by atoms with Crippen LogP contribution in [0.4, 0.5) is 11.6 Å². The lowest BCUT2D eigenvalue weighted by Gasteiger charge is -2.26. The molecule has 2 aliphatic rings. The average molecular weight is 261 g/mol. The van der Waals surface area contributed by atoms with Crippen molar-refractivity contribution in [1.29, 1.82) is 0 Å². The normalized spacial score (nSPS) is 24.1. The predicted molar refractivity (Wildman–Crippen MR) is 77.6 cm³/mol. The summed E-state index contributed by atoms with van der Waals surface area (Å²) in [7, 11) is 0. The topological polar surface area (TPSA) is 44.3 Å². The molecule has 0 aliphatic carbocycles. The summed E-state index contributed by atoms with van der Waals surface area (Å²) >= 11 is 0. The molecule has 2 fully saturated rings. The molecule has 3 heterocycles. The Kier molecular flexibility index (Phi) is 3.82. The number of fused-ring (bicyclic) bond motifs is 1. The van der Waals surface area contributed by atoms with Crippen molar-refractivity contribution in [2.24, 2.45) is 0 Å². The van der Waals surface area contributed by atoms with Crippen LogP contribution in [0.25, 0.3) is 0 Å². The maximum atomic E-state index is 4.46. The average Bonchev–Trinajstić information content (AvgIpc) is 2.77. The van der Waals surface area contributed by atoms with E-state index in [0.717, 1.165) is 37.3 Å². The fourth-order valence-electron chi connectivity index (χ4n) is 3.21. The van der Waals surface area contributed by atoms with Gasteiger partial charge in [0.2, 0.25) is 0 Å². The van der Waals surface area contributed by atoms with E-state index in [1.54, 1.807) is 6.33 Å². The summed E-state index contributed by atoms with van der Waals surface area (Å²) in [6, 6.07) is 2.80. The first-order valence-corrected chi connectivity index (χ1v) is 7.41. The maximum absolute atomic E-state index is 4.46. The zero-order chi connectivity index (χ0) is 13.1. The number of aromatic nitrogens is 2. The molecule has 19 heavy (non-hydrogen) atoms. The minimum atomic E-state index is 0.722. The molecule has 0 amide bonds. The van der Waals surface area contributed by atoms with Crippen LogP contribution >= 0.6 is 0 Å². The summed E-state index contributed by atoms with van der Waals surface area (Å²) in [6.07, 6.45) is 5.59. The van der Waals surface area contributed by atoms with Crippen LogP contribution in [0.1, 0.15) is 26.2 Å². The van der Waals surface area contributed by atoms with E-state index in [1.807, 2.05) is 0 Å². The van der Waals surface area contributed by atoms with Crippen LogP contribution in [-0.2, 0) is 0 Å². The highest BCUT2D eigenvalue weighted by atomic mass is 15.3. The molecule has 1 aromatic heterocycles. The largest absolute Gasteiger partial charge is 0.370 e. The lowest BCUT2D eigenvalue weighted by molar-refractivity contribution is 0.273. The molecule has 0 bridgehead atoms. The Morgan fingerprint density at radius 2 is 2.16 bits per heavy atom. The van der Waals surface area contributed by atoms with Crippen LogP contribution in [0.15, 0.2) is 12.4 Å². The van der Waals surface area contributed by atoms with Gasteiger partial charge in [0.1, 0.15) is 18.0 Å². The molecular formula is C14H23N5. The van der Waals surface area contributed by atoms with E-state index in [9.17, 15) is 0 Å². The van der Waals surface area contributed by atoms with Gasteiger partial charge in [-0.2, -0.15) is 0 Å². The zero-order valence-corrected chi connectivity index (χ0v) is 11.7. The van der Waals surface area contributed by atoms with Crippen molar-refractivity contribution >= 4 is 11.6 Å². The van der Waals surface area contributed by atoms with Gasteiger partial charge in [-0.25, -0.2) is 9.97 Å². The third-order valence-corrected chi connectivity index (χ3v) is 4.14. The Bertz CT molecular complexity index is 422. The smallest absolute Gasteiger partial charge is 0.134 e. The lowest BCUT2D eigenvalue weighted by Crippen LogP contribution is -2.37. The Balaban J connectivity index is 1.75. The second kappa shape index (κ2) is 5.74. The Hall–Kier alpha value is -1.36. The number of rotatable bonds is 3. The second-order valence-corrected chi connectivity index (χ2v) is 5.42. The van der Waals surface area contributed by atoms with E-state index in [1.165, 1.54) is 32.4 Å². The number of hydrogen-bond acceptors (Lipinski definition) is 5. The van der Waals surface area contributed by atoms with Crippen LogP contribution in [0.2, 0.25) is 0 Å². The molecule has 104 valence electrons. The first kappa shape index (κ1) is 12.7. The quantitative estimate of drug-likeness (QED) is 0.895. The van der Waals surface area contributed by atoms with Gasteiger partial charge >= 0.3 is 0 Å². The molecule has 2 saturated heterocycles. The SMILES string of the molecule is CCNc1cc(N2CCCN3CCCC3C2)ncn1.